The zero-order valence-corrected chi connectivity index (χ0v) is 17.9. The Kier molecular flexibility index (Phi) is 5.01. The van der Waals surface area contributed by atoms with Crippen LogP contribution in [0, 0.1) is 13.8 Å². The number of hydrogen-bond donors (Lipinski definition) is 1. The van der Waals surface area contributed by atoms with Crippen LogP contribution in [-0.4, -0.2) is 43.6 Å². The highest BCUT2D eigenvalue weighted by molar-refractivity contribution is 5.94. The summed E-state index contributed by atoms with van der Waals surface area (Å²) >= 11 is 0. The van der Waals surface area contributed by atoms with Crippen molar-refractivity contribution in [2.45, 2.75) is 32.9 Å². The smallest absolute Gasteiger partial charge is 0.327 e. The molecule has 4 heterocycles. The third-order valence-electron chi connectivity index (χ3n) is 5.88. The molecule has 4 aromatic rings. The normalized spacial score (nSPS) is 16.1. The number of amides is 1. The van der Waals surface area contributed by atoms with E-state index in [0.717, 1.165) is 5.56 Å². The number of hydrogen-bond acceptors (Lipinski definition) is 6. The number of pyridine rings is 1. The number of aromatic nitrogens is 4. The zero-order valence-electron chi connectivity index (χ0n) is 17.9. The van der Waals surface area contributed by atoms with Crippen LogP contribution in [0.3, 0.4) is 0 Å². The van der Waals surface area contributed by atoms with Crippen molar-refractivity contribution >= 4 is 17.1 Å². The third kappa shape index (κ3) is 3.55. The molecule has 1 aliphatic rings. The molecular weight excluding hydrogens is 410 g/mol. The molecule has 1 N–H and O–H groups in total. The highest BCUT2D eigenvalue weighted by Crippen LogP contribution is 2.26. The third-order valence-corrected chi connectivity index (χ3v) is 5.88. The predicted octanol–water partition coefficient (Wildman–Crippen LogP) is 3.00. The number of aryl methyl sites for hydroxylation is 2. The number of imidazole rings is 1. The summed E-state index contributed by atoms with van der Waals surface area (Å²) in [5.41, 5.74) is 3.08. The summed E-state index contributed by atoms with van der Waals surface area (Å²) in [4.78, 5) is 34.6. The molecule has 0 unspecified atom stereocenters. The SMILES string of the molecule is Cc1ccc(OCc2c(C(=O)N3CC[C@@H](n4c(=O)[nH]c5cccnc54)C3)noc2C)cc1. The van der Waals surface area contributed by atoms with Gasteiger partial charge in [-0.15, -0.1) is 0 Å². The van der Waals surface area contributed by atoms with Gasteiger partial charge in [0.15, 0.2) is 11.3 Å². The molecule has 9 heteroatoms. The maximum Gasteiger partial charge on any atom is 0.327 e. The van der Waals surface area contributed by atoms with Crippen molar-refractivity contribution in [1.29, 1.82) is 0 Å². The summed E-state index contributed by atoms with van der Waals surface area (Å²) in [6, 6.07) is 11.1. The highest BCUT2D eigenvalue weighted by Gasteiger charge is 2.33. The average molecular weight is 433 g/mol. The summed E-state index contributed by atoms with van der Waals surface area (Å²) in [7, 11) is 0. The number of carbonyl (C=O) groups excluding carboxylic acids is 1. The van der Waals surface area contributed by atoms with E-state index in [9.17, 15) is 9.59 Å². The second-order valence-corrected chi connectivity index (χ2v) is 8.04. The number of benzene rings is 1. The number of nitrogens with one attached hydrogen (secondary N) is 1. The summed E-state index contributed by atoms with van der Waals surface area (Å²) < 4.78 is 12.8. The second kappa shape index (κ2) is 7.99. The number of ether oxygens (including phenoxy) is 1. The van der Waals surface area contributed by atoms with Gasteiger partial charge < -0.3 is 19.1 Å². The van der Waals surface area contributed by atoms with Gasteiger partial charge in [0.2, 0.25) is 0 Å². The lowest BCUT2D eigenvalue weighted by Crippen LogP contribution is -2.31. The van der Waals surface area contributed by atoms with Gasteiger partial charge in [0, 0.05) is 19.3 Å². The number of likely N-dealkylation sites (tertiary alicyclic amines) is 1. The Bertz CT molecular complexity index is 1330. The molecule has 3 aromatic heterocycles. The number of rotatable bonds is 5. The Morgan fingerprint density at radius 2 is 2.06 bits per heavy atom. The average Bonchev–Trinajstić information content (AvgIpc) is 3.49. The lowest BCUT2D eigenvalue weighted by molar-refractivity contribution is 0.0775. The van der Waals surface area contributed by atoms with Crippen molar-refractivity contribution in [1.82, 2.24) is 24.6 Å². The molecule has 164 valence electrons. The summed E-state index contributed by atoms with van der Waals surface area (Å²) in [5, 5.41) is 4.01. The van der Waals surface area contributed by atoms with Crippen LogP contribution in [-0.2, 0) is 6.61 Å². The first-order valence-electron chi connectivity index (χ1n) is 10.5. The van der Waals surface area contributed by atoms with Gasteiger partial charge in [0.05, 0.1) is 17.1 Å². The molecule has 1 aromatic carbocycles. The quantitative estimate of drug-likeness (QED) is 0.519. The van der Waals surface area contributed by atoms with Crippen LogP contribution in [0.15, 0.2) is 51.9 Å². The van der Waals surface area contributed by atoms with Crippen molar-refractivity contribution < 1.29 is 14.1 Å². The van der Waals surface area contributed by atoms with Crippen LogP contribution >= 0.6 is 0 Å². The number of nitrogens with zero attached hydrogens (tertiary/aromatic N) is 4. The molecule has 0 spiro atoms. The fourth-order valence-electron chi connectivity index (χ4n) is 4.10. The van der Waals surface area contributed by atoms with Gasteiger partial charge in [-0.05, 0) is 44.5 Å². The maximum absolute atomic E-state index is 13.2. The first-order chi connectivity index (χ1) is 15.5. The van der Waals surface area contributed by atoms with Crippen LogP contribution in [0.2, 0.25) is 0 Å². The topological polar surface area (TPSA) is 106 Å². The minimum Gasteiger partial charge on any atom is -0.489 e. The summed E-state index contributed by atoms with van der Waals surface area (Å²) in [6.45, 7) is 4.87. The Hall–Kier alpha value is -3.88. The largest absolute Gasteiger partial charge is 0.489 e. The molecule has 32 heavy (non-hydrogen) atoms. The monoisotopic (exact) mass is 433 g/mol. The van der Waals surface area contributed by atoms with E-state index in [2.05, 4.69) is 15.1 Å². The first-order valence-corrected chi connectivity index (χ1v) is 10.5. The fourth-order valence-corrected chi connectivity index (χ4v) is 4.10. The predicted molar refractivity (Wildman–Crippen MR) is 117 cm³/mol. The number of aromatic amines is 1. The summed E-state index contributed by atoms with van der Waals surface area (Å²) in [6.07, 6.45) is 2.31. The minimum absolute atomic E-state index is 0.157. The Morgan fingerprint density at radius 3 is 2.88 bits per heavy atom. The van der Waals surface area contributed by atoms with Crippen molar-refractivity contribution in [2.75, 3.05) is 13.1 Å². The molecule has 1 atom stereocenters. The molecule has 0 saturated carbocycles. The van der Waals surface area contributed by atoms with Gasteiger partial charge in [-0.2, -0.15) is 0 Å². The van der Waals surface area contributed by atoms with Crippen molar-refractivity contribution in [3.8, 4) is 5.75 Å². The van der Waals surface area contributed by atoms with E-state index in [4.69, 9.17) is 9.26 Å². The molecule has 1 amide bonds. The molecule has 0 radical (unpaired) electrons. The lowest BCUT2D eigenvalue weighted by Gasteiger charge is -2.16. The zero-order chi connectivity index (χ0) is 22.2. The van der Waals surface area contributed by atoms with Crippen LogP contribution in [0.1, 0.15) is 39.8 Å². The Balaban J connectivity index is 1.33. The molecule has 0 aliphatic carbocycles. The molecule has 9 nitrogen and oxygen atoms in total. The van der Waals surface area contributed by atoms with Gasteiger partial charge in [-0.25, -0.2) is 9.78 Å². The van der Waals surface area contributed by atoms with Crippen molar-refractivity contribution in [3.63, 3.8) is 0 Å². The van der Waals surface area contributed by atoms with Crippen molar-refractivity contribution in [2.24, 2.45) is 0 Å². The molecule has 1 saturated heterocycles. The van der Waals surface area contributed by atoms with Gasteiger partial charge in [0.25, 0.3) is 5.91 Å². The van der Waals surface area contributed by atoms with E-state index in [-0.39, 0.29) is 29.9 Å². The van der Waals surface area contributed by atoms with E-state index >= 15 is 0 Å². The molecular formula is C23H23N5O4. The van der Waals surface area contributed by atoms with E-state index in [0.29, 0.717) is 47.7 Å². The molecule has 1 fully saturated rings. The number of H-pyrrole nitrogens is 1. The number of carbonyl (C=O) groups is 1. The minimum atomic E-state index is -0.229. The van der Waals surface area contributed by atoms with Gasteiger partial charge in [-0.3, -0.25) is 9.36 Å². The van der Waals surface area contributed by atoms with E-state index in [1.54, 1.807) is 28.7 Å². The lowest BCUT2D eigenvalue weighted by atomic mass is 10.2. The van der Waals surface area contributed by atoms with Crippen molar-refractivity contribution in [3.05, 3.63) is 75.7 Å². The Morgan fingerprint density at radius 1 is 1.25 bits per heavy atom. The highest BCUT2D eigenvalue weighted by atomic mass is 16.5. The van der Waals surface area contributed by atoms with Crippen LogP contribution in [0.25, 0.3) is 11.2 Å². The van der Waals surface area contributed by atoms with Crippen LogP contribution < -0.4 is 10.4 Å². The van der Waals surface area contributed by atoms with E-state index in [1.165, 1.54) is 0 Å². The van der Waals surface area contributed by atoms with Gasteiger partial charge >= 0.3 is 5.69 Å². The van der Waals surface area contributed by atoms with E-state index in [1.807, 2.05) is 37.3 Å². The molecule has 0 bridgehead atoms. The standard InChI is InChI=1S/C23H23N5O4/c1-14-5-7-17(8-6-14)31-13-18-15(2)32-26-20(18)22(29)27-11-9-16(12-27)28-21-19(25-23(28)30)4-3-10-24-21/h3-8,10,16H,9,11-13H2,1-2H3,(H,25,30)/t16-/m1/s1. The van der Waals surface area contributed by atoms with Gasteiger partial charge in [0.1, 0.15) is 18.1 Å². The first kappa shape index (κ1) is 20.0. The van der Waals surface area contributed by atoms with Crippen LogP contribution in [0.4, 0.5) is 0 Å². The summed E-state index contributed by atoms with van der Waals surface area (Å²) in [5.74, 6) is 1.03. The fraction of sp³-hybridized carbons (Fsp3) is 0.304. The molecule has 5 rings (SSSR count). The molecule has 1 aliphatic heterocycles. The second-order valence-electron chi connectivity index (χ2n) is 8.04. The Labute approximate surface area is 183 Å². The van der Waals surface area contributed by atoms with Crippen LogP contribution in [0.5, 0.6) is 5.75 Å². The number of fused-ring (bicyclic) bond motifs is 1. The maximum atomic E-state index is 13.2. The van der Waals surface area contributed by atoms with E-state index < -0.39 is 0 Å². The van der Waals surface area contributed by atoms with Gasteiger partial charge in [-0.1, -0.05) is 22.9 Å².